The third-order valence-corrected chi connectivity index (χ3v) is 1.01. The van der Waals surface area contributed by atoms with E-state index in [1.54, 1.807) is 0 Å². The van der Waals surface area contributed by atoms with Gasteiger partial charge in [0.15, 0.2) is 0 Å². The van der Waals surface area contributed by atoms with Crippen LogP contribution in [0.2, 0.25) is 0 Å². The van der Waals surface area contributed by atoms with Crippen LogP contribution in [0.25, 0.3) is 0 Å². The van der Waals surface area contributed by atoms with Gasteiger partial charge in [0.2, 0.25) is 0 Å². The Morgan fingerprint density at radius 3 is 2.67 bits per heavy atom. The molecule has 0 spiro atoms. The van der Waals surface area contributed by atoms with E-state index in [0.717, 1.165) is 4.19 Å². The second-order valence-corrected chi connectivity index (χ2v) is 1.89. The van der Waals surface area contributed by atoms with Gasteiger partial charge < -0.3 is 0 Å². The third kappa shape index (κ3) is 0.614. The Labute approximate surface area is 42.9 Å². The molecule has 0 aliphatic carbocycles. The van der Waals surface area contributed by atoms with E-state index in [1.165, 1.54) is 0 Å². The Balaban J connectivity index is 3.41. The first kappa shape index (κ1) is 3.90. The fraction of sp³-hybridized carbons (Fsp3) is 0. The molecule has 0 saturated carbocycles. The van der Waals surface area contributed by atoms with Gasteiger partial charge in [0.1, 0.15) is 0 Å². The Hall–Kier alpha value is -0.271. The summed E-state index contributed by atoms with van der Waals surface area (Å²) < 4.78 is 1.04. The normalized spacial score (nSPS) is 8.67. The summed E-state index contributed by atoms with van der Waals surface area (Å²) >= 11 is 2.80. The summed E-state index contributed by atoms with van der Waals surface area (Å²) in [5.41, 5.74) is 0. The van der Waals surface area contributed by atoms with Gasteiger partial charge in [0.25, 0.3) is 0 Å². The number of nitrogens with one attached hydrogen (secondary N) is 2. The fourth-order valence-electron chi connectivity index (χ4n) is 0.272. The number of rotatable bonds is 0. The summed E-state index contributed by atoms with van der Waals surface area (Å²) in [6.07, 6.45) is 1.83. The van der Waals surface area contributed by atoms with E-state index in [9.17, 15) is 0 Å². The molecule has 0 aliphatic heterocycles. The zero-order valence-electron chi connectivity index (χ0n) is 3.06. The molecule has 0 bridgehead atoms. The summed E-state index contributed by atoms with van der Waals surface area (Å²) in [6, 6.07) is 1.92. The zero-order valence-corrected chi connectivity index (χ0v) is 4.78. The maximum absolute atomic E-state index is 2.82. The van der Waals surface area contributed by atoms with Gasteiger partial charge in [-0.2, -0.15) is 0 Å². The van der Waals surface area contributed by atoms with Crippen molar-refractivity contribution in [3.05, 3.63) is 16.5 Å². The SMILES string of the molecule is [Se]=c1cc[nH][nH]1. The second kappa shape index (κ2) is 1.45. The molecular formula is C3H4N2Se. The first-order valence-corrected chi connectivity index (χ1v) is 2.47. The van der Waals surface area contributed by atoms with E-state index in [2.05, 4.69) is 25.8 Å². The Bertz CT molecular complexity index is 147. The van der Waals surface area contributed by atoms with Crippen LogP contribution < -0.4 is 0 Å². The molecule has 0 radical (unpaired) electrons. The van der Waals surface area contributed by atoms with Crippen molar-refractivity contribution in [1.29, 1.82) is 0 Å². The van der Waals surface area contributed by atoms with Crippen LogP contribution in [-0.4, -0.2) is 25.8 Å². The van der Waals surface area contributed by atoms with E-state index in [-0.39, 0.29) is 0 Å². The van der Waals surface area contributed by atoms with Crippen LogP contribution in [0.15, 0.2) is 12.3 Å². The van der Waals surface area contributed by atoms with Gasteiger partial charge in [-0.05, 0) is 0 Å². The molecule has 6 heavy (non-hydrogen) atoms. The number of hydrogen-bond donors (Lipinski definition) is 2. The van der Waals surface area contributed by atoms with Gasteiger partial charge in [0.05, 0.1) is 0 Å². The molecule has 2 nitrogen and oxygen atoms in total. The van der Waals surface area contributed by atoms with Gasteiger partial charge in [-0.25, -0.2) is 0 Å². The molecule has 2 N–H and O–H groups in total. The number of aromatic amines is 2. The average molecular weight is 147 g/mol. The maximum atomic E-state index is 2.82. The predicted octanol–water partition coefficient (Wildman–Crippen LogP) is 0.0433. The summed E-state index contributed by atoms with van der Waals surface area (Å²) in [5, 5.41) is 5.59. The van der Waals surface area contributed by atoms with Gasteiger partial charge in [0, 0.05) is 0 Å². The molecule has 0 aliphatic rings. The average Bonchev–Trinajstić information content (AvgIpc) is 1.86. The van der Waals surface area contributed by atoms with Crippen molar-refractivity contribution in [3.63, 3.8) is 0 Å². The fourth-order valence-corrected chi connectivity index (χ4v) is 0.538. The second-order valence-electron chi connectivity index (χ2n) is 0.967. The van der Waals surface area contributed by atoms with E-state index < -0.39 is 0 Å². The van der Waals surface area contributed by atoms with Crippen molar-refractivity contribution in [2.75, 3.05) is 0 Å². The van der Waals surface area contributed by atoms with Gasteiger partial charge >= 0.3 is 42.2 Å². The molecule has 3 heteroatoms. The van der Waals surface area contributed by atoms with Crippen molar-refractivity contribution in [1.82, 2.24) is 10.2 Å². The molecule has 0 unspecified atom stereocenters. The number of hydrogen-bond acceptors (Lipinski definition) is 0. The molecule has 32 valence electrons. The molecule has 1 rings (SSSR count). The van der Waals surface area contributed by atoms with Gasteiger partial charge in [-0.15, -0.1) is 0 Å². The Morgan fingerprint density at radius 1 is 1.67 bits per heavy atom. The van der Waals surface area contributed by atoms with Crippen molar-refractivity contribution < 1.29 is 0 Å². The van der Waals surface area contributed by atoms with Crippen LogP contribution in [0.5, 0.6) is 0 Å². The summed E-state index contributed by atoms with van der Waals surface area (Å²) in [5.74, 6) is 0. The van der Waals surface area contributed by atoms with E-state index in [1.807, 2.05) is 12.3 Å². The van der Waals surface area contributed by atoms with Crippen molar-refractivity contribution in [2.24, 2.45) is 0 Å². The predicted molar refractivity (Wildman–Crippen MR) is 24.1 cm³/mol. The minimum absolute atomic E-state index is 1.04. The molecule has 0 amide bonds. The Morgan fingerprint density at radius 2 is 2.50 bits per heavy atom. The van der Waals surface area contributed by atoms with Crippen molar-refractivity contribution in [3.8, 4) is 0 Å². The van der Waals surface area contributed by atoms with Crippen LogP contribution in [0.1, 0.15) is 0 Å². The minimum atomic E-state index is 1.04. The molecule has 0 fully saturated rings. The zero-order chi connectivity index (χ0) is 4.41. The van der Waals surface area contributed by atoms with Crippen LogP contribution in [0.4, 0.5) is 0 Å². The van der Waals surface area contributed by atoms with Crippen molar-refractivity contribution in [2.45, 2.75) is 0 Å². The molecule has 0 saturated heterocycles. The monoisotopic (exact) mass is 148 g/mol. The molecule has 1 aromatic heterocycles. The van der Waals surface area contributed by atoms with E-state index in [0.29, 0.717) is 0 Å². The molecular weight excluding hydrogens is 143 g/mol. The van der Waals surface area contributed by atoms with Gasteiger partial charge in [-0.1, -0.05) is 0 Å². The number of H-pyrrole nitrogens is 2. The first-order chi connectivity index (χ1) is 2.89. The third-order valence-electron chi connectivity index (χ3n) is 0.513. The van der Waals surface area contributed by atoms with Crippen molar-refractivity contribution >= 4 is 15.6 Å². The van der Waals surface area contributed by atoms with Crippen LogP contribution in [0, 0.1) is 4.19 Å². The standard InChI is InChI=1S/C3H4N2Se/c6-3-1-2-4-5-3/h1-2H,(H2,4,5,6). The quantitative estimate of drug-likeness (QED) is 0.485. The van der Waals surface area contributed by atoms with Gasteiger partial charge in [-0.3, -0.25) is 0 Å². The topological polar surface area (TPSA) is 31.6 Å². The Kier molecular flexibility index (Phi) is 0.945. The summed E-state index contributed by atoms with van der Waals surface area (Å²) in [7, 11) is 0. The molecule has 1 aromatic rings. The van der Waals surface area contributed by atoms with E-state index >= 15 is 0 Å². The summed E-state index contributed by atoms with van der Waals surface area (Å²) in [4.78, 5) is 0. The van der Waals surface area contributed by atoms with Crippen LogP contribution in [-0.2, 0) is 0 Å². The number of aromatic nitrogens is 2. The molecule has 1 heterocycles. The van der Waals surface area contributed by atoms with E-state index in [4.69, 9.17) is 0 Å². The summed E-state index contributed by atoms with van der Waals surface area (Å²) in [6.45, 7) is 0. The van der Waals surface area contributed by atoms with Crippen LogP contribution >= 0.6 is 0 Å². The first-order valence-electron chi connectivity index (χ1n) is 1.61. The van der Waals surface area contributed by atoms with Crippen LogP contribution in [0.3, 0.4) is 0 Å². The molecule has 0 aromatic carbocycles. The molecule has 0 atom stereocenters.